The molecule has 1 atom stereocenters. The minimum absolute atomic E-state index is 0.292. The first kappa shape index (κ1) is 10.3. The standard InChI is InChI=1S/C14H16N4/c1-2-11(8-15-5-1)12-9-17-13-14(3-6-16-10-14)4-7-18(12)13/h1-2,5,8-9,16H,3-4,6-7,10H2/t14-/m1/s1. The highest BCUT2D eigenvalue weighted by Crippen LogP contribution is 2.41. The van der Waals surface area contributed by atoms with Gasteiger partial charge in [-0.15, -0.1) is 0 Å². The lowest BCUT2D eigenvalue weighted by Crippen LogP contribution is -2.26. The van der Waals surface area contributed by atoms with Crippen LogP contribution in [-0.2, 0) is 12.0 Å². The van der Waals surface area contributed by atoms with Gasteiger partial charge in [0.05, 0.1) is 11.9 Å². The zero-order chi connectivity index (χ0) is 12.0. The SMILES string of the molecule is c1cncc(-c2cnc3n2CC[C@@]32CCNC2)c1. The molecule has 2 aromatic rings. The fourth-order valence-electron chi connectivity index (χ4n) is 3.36. The lowest BCUT2D eigenvalue weighted by molar-refractivity contribution is 0.457. The molecule has 4 heteroatoms. The van der Waals surface area contributed by atoms with Crippen LogP contribution >= 0.6 is 0 Å². The van der Waals surface area contributed by atoms with Crippen molar-refractivity contribution >= 4 is 0 Å². The van der Waals surface area contributed by atoms with E-state index in [9.17, 15) is 0 Å². The fourth-order valence-corrected chi connectivity index (χ4v) is 3.36. The molecule has 4 nitrogen and oxygen atoms in total. The van der Waals surface area contributed by atoms with E-state index in [0.717, 1.165) is 19.6 Å². The molecule has 0 aliphatic carbocycles. The summed E-state index contributed by atoms with van der Waals surface area (Å²) in [6.45, 7) is 3.28. The lowest BCUT2D eigenvalue weighted by Gasteiger charge is -2.19. The first-order valence-electron chi connectivity index (χ1n) is 6.56. The van der Waals surface area contributed by atoms with Gasteiger partial charge in [-0.05, 0) is 31.5 Å². The van der Waals surface area contributed by atoms with Gasteiger partial charge in [-0.1, -0.05) is 0 Å². The van der Waals surface area contributed by atoms with E-state index < -0.39 is 0 Å². The molecule has 1 spiro atoms. The zero-order valence-corrected chi connectivity index (χ0v) is 10.3. The van der Waals surface area contributed by atoms with Crippen molar-refractivity contribution < 1.29 is 0 Å². The molecule has 0 aromatic carbocycles. The number of pyridine rings is 1. The third-order valence-corrected chi connectivity index (χ3v) is 4.34. The van der Waals surface area contributed by atoms with E-state index in [1.807, 2.05) is 24.7 Å². The summed E-state index contributed by atoms with van der Waals surface area (Å²) in [5.41, 5.74) is 2.67. The molecule has 4 heterocycles. The van der Waals surface area contributed by atoms with Gasteiger partial charge < -0.3 is 9.88 Å². The number of hydrogen-bond acceptors (Lipinski definition) is 3. The Labute approximate surface area is 106 Å². The van der Waals surface area contributed by atoms with Crippen LogP contribution in [0.1, 0.15) is 18.7 Å². The molecule has 2 aliphatic heterocycles. The average molecular weight is 240 g/mol. The Bertz CT molecular complexity index is 567. The van der Waals surface area contributed by atoms with Crippen molar-refractivity contribution in [3.8, 4) is 11.3 Å². The Morgan fingerprint density at radius 3 is 3.06 bits per heavy atom. The maximum atomic E-state index is 4.70. The van der Waals surface area contributed by atoms with Crippen LogP contribution in [-0.4, -0.2) is 27.6 Å². The van der Waals surface area contributed by atoms with E-state index in [2.05, 4.69) is 20.9 Å². The van der Waals surface area contributed by atoms with Gasteiger partial charge in [-0.25, -0.2) is 4.98 Å². The largest absolute Gasteiger partial charge is 0.327 e. The maximum Gasteiger partial charge on any atom is 0.116 e. The number of nitrogens with zero attached hydrogens (tertiary/aromatic N) is 3. The molecule has 2 aromatic heterocycles. The molecular formula is C14H16N4. The summed E-state index contributed by atoms with van der Waals surface area (Å²) in [5.74, 6) is 1.27. The lowest BCUT2D eigenvalue weighted by atomic mass is 9.85. The summed E-state index contributed by atoms with van der Waals surface area (Å²) in [6, 6.07) is 4.09. The predicted molar refractivity (Wildman–Crippen MR) is 69.2 cm³/mol. The van der Waals surface area contributed by atoms with Crippen LogP contribution in [0.25, 0.3) is 11.3 Å². The van der Waals surface area contributed by atoms with Crippen molar-refractivity contribution in [2.75, 3.05) is 13.1 Å². The van der Waals surface area contributed by atoms with Crippen molar-refractivity contribution in [2.24, 2.45) is 0 Å². The van der Waals surface area contributed by atoms with Crippen molar-refractivity contribution in [1.29, 1.82) is 0 Å². The van der Waals surface area contributed by atoms with Crippen molar-refractivity contribution in [3.05, 3.63) is 36.5 Å². The summed E-state index contributed by atoms with van der Waals surface area (Å²) in [5, 5.41) is 3.48. The predicted octanol–water partition coefficient (Wildman–Crippen LogP) is 1.58. The first-order valence-corrected chi connectivity index (χ1v) is 6.56. The second kappa shape index (κ2) is 3.65. The molecule has 0 saturated carbocycles. The van der Waals surface area contributed by atoms with Gasteiger partial charge in [0.25, 0.3) is 0 Å². The molecule has 1 saturated heterocycles. The van der Waals surface area contributed by atoms with E-state index >= 15 is 0 Å². The van der Waals surface area contributed by atoms with Crippen molar-refractivity contribution in [2.45, 2.75) is 24.8 Å². The molecule has 0 bridgehead atoms. The van der Waals surface area contributed by atoms with Gasteiger partial charge in [0.15, 0.2) is 0 Å². The van der Waals surface area contributed by atoms with Gasteiger partial charge in [-0.2, -0.15) is 0 Å². The minimum atomic E-state index is 0.292. The highest BCUT2D eigenvalue weighted by molar-refractivity contribution is 5.58. The van der Waals surface area contributed by atoms with Gasteiger partial charge in [0, 0.05) is 36.5 Å². The van der Waals surface area contributed by atoms with Gasteiger partial charge >= 0.3 is 0 Å². The highest BCUT2D eigenvalue weighted by atomic mass is 15.1. The Hall–Kier alpha value is -1.68. The van der Waals surface area contributed by atoms with Gasteiger partial charge in [0.1, 0.15) is 5.82 Å². The minimum Gasteiger partial charge on any atom is -0.327 e. The third-order valence-electron chi connectivity index (χ3n) is 4.34. The molecule has 0 unspecified atom stereocenters. The Kier molecular flexibility index (Phi) is 2.08. The third kappa shape index (κ3) is 1.29. The molecular weight excluding hydrogens is 224 g/mol. The number of rotatable bonds is 1. The van der Waals surface area contributed by atoms with E-state index in [-0.39, 0.29) is 0 Å². The van der Waals surface area contributed by atoms with E-state index in [0.29, 0.717) is 5.41 Å². The van der Waals surface area contributed by atoms with Crippen LogP contribution in [0, 0.1) is 0 Å². The maximum absolute atomic E-state index is 4.70. The second-order valence-corrected chi connectivity index (χ2v) is 5.32. The van der Waals surface area contributed by atoms with Crippen LogP contribution in [0.5, 0.6) is 0 Å². The average Bonchev–Trinajstić information content (AvgIpc) is 3.11. The number of imidazole rings is 1. The summed E-state index contributed by atoms with van der Waals surface area (Å²) >= 11 is 0. The molecule has 18 heavy (non-hydrogen) atoms. The fraction of sp³-hybridized carbons (Fsp3) is 0.429. The molecule has 2 aliphatic rings. The van der Waals surface area contributed by atoms with Crippen LogP contribution in [0.2, 0.25) is 0 Å². The summed E-state index contributed by atoms with van der Waals surface area (Å²) in [4.78, 5) is 8.91. The van der Waals surface area contributed by atoms with E-state index in [1.165, 1.54) is 29.9 Å². The second-order valence-electron chi connectivity index (χ2n) is 5.32. The van der Waals surface area contributed by atoms with Crippen LogP contribution in [0.3, 0.4) is 0 Å². The number of nitrogens with one attached hydrogen (secondary N) is 1. The number of aromatic nitrogens is 3. The highest BCUT2D eigenvalue weighted by Gasteiger charge is 2.43. The van der Waals surface area contributed by atoms with Crippen LogP contribution in [0.15, 0.2) is 30.7 Å². The first-order chi connectivity index (χ1) is 8.89. The molecule has 1 fully saturated rings. The molecule has 0 radical (unpaired) electrons. The van der Waals surface area contributed by atoms with Gasteiger partial charge in [0.2, 0.25) is 0 Å². The monoisotopic (exact) mass is 240 g/mol. The van der Waals surface area contributed by atoms with Crippen LogP contribution < -0.4 is 5.32 Å². The van der Waals surface area contributed by atoms with Gasteiger partial charge in [-0.3, -0.25) is 4.98 Å². The molecule has 4 rings (SSSR count). The Morgan fingerprint density at radius 2 is 2.28 bits per heavy atom. The number of hydrogen-bond donors (Lipinski definition) is 1. The summed E-state index contributed by atoms with van der Waals surface area (Å²) in [7, 11) is 0. The Balaban J connectivity index is 1.82. The van der Waals surface area contributed by atoms with E-state index in [4.69, 9.17) is 4.98 Å². The van der Waals surface area contributed by atoms with Crippen molar-refractivity contribution in [1.82, 2.24) is 19.9 Å². The van der Waals surface area contributed by atoms with Crippen molar-refractivity contribution in [3.63, 3.8) is 0 Å². The quantitative estimate of drug-likeness (QED) is 0.823. The Morgan fingerprint density at radius 1 is 1.28 bits per heavy atom. The number of fused-ring (bicyclic) bond motifs is 2. The zero-order valence-electron chi connectivity index (χ0n) is 10.3. The van der Waals surface area contributed by atoms with E-state index in [1.54, 1.807) is 0 Å². The topological polar surface area (TPSA) is 42.7 Å². The smallest absolute Gasteiger partial charge is 0.116 e. The van der Waals surface area contributed by atoms with Crippen LogP contribution in [0.4, 0.5) is 0 Å². The molecule has 92 valence electrons. The normalized spacial score (nSPS) is 25.8. The summed E-state index contributed by atoms with van der Waals surface area (Å²) < 4.78 is 2.38. The molecule has 1 N–H and O–H groups in total. The molecule has 0 amide bonds. The summed E-state index contributed by atoms with van der Waals surface area (Å²) in [6.07, 6.45) is 8.17.